The van der Waals surface area contributed by atoms with Crippen LogP contribution in [-0.2, 0) is 16.6 Å². The Hall–Kier alpha value is -2.29. The number of carbonyl (C=O) groups is 1. The first kappa shape index (κ1) is 23.9. The zero-order chi connectivity index (χ0) is 23.6. The van der Waals surface area contributed by atoms with Crippen molar-refractivity contribution >= 4 is 15.9 Å². The number of sulfonamides is 1. The van der Waals surface area contributed by atoms with Crippen molar-refractivity contribution in [3.63, 3.8) is 0 Å². The molecule has 0 aliphatic carbocycles. The molecule has 2 aliphatic rings. The molecule has 0 saturated carbocycles. The summed E-state index contributed by atoms with van der Waals surface area (Å²) in [4.78, 5) is 21.9. The highest BCUT2D eigenvalue weighted by Crippen LogP contribution is 2.28. The van der Waals surface area contributed by atoms with Crippen LogP contribution >= 0.6 is 0 Å². The molecule has 1 amide bonds. The van der Waals surface area contributed by atoms with Gasteiger partial charge in [0, 0.05) is 63.8 Å². The van der Waals surface area contributed by atoms with Gasteiger partial charge in [0.05, 0.1) is 4.90 Å². The molecule has 0 spiro atoms. The van der Waals surface area contributed by atoms with E-state index in [1.165, 1.54) is 0 Å². The third kappa shape index (κ3) is 5.28. The quantitative estimate of drug-likeness (QED) is 0.672. The van der Waals surface area contributed by atoms with E-state index < -0.39 is 10.0 Å². The maximum Gasteiger partial charge on any atom is 0.253 e. The summed E-state index contributed by atoms with van der Waals surface area (Å²) in [5.74, 6) is 0.451. The first-order valence-electron chi connectivity index (χ1n) is 11.8. The third-order valence-electron chi connectivity index (χ3n) is 7.02. The lowest BCUT2D eigenvalue weighted by molar-refractivity contribution is 0.0628. The number of amides is 1. The van der Waals surface area contributed by atoms with Crippen molar-refractivity contribution in [3.8, 4) is 0 Å². The Morgan fingerprint density at radius 1 is 1.06 bits per heavy atom. The molecule has 178 valence electrons. The first-order valence-corrected chi connectivity index (χ1v) is 13.2. The zero-order valence-corrected chi connectivity index (χ0v) is 20.6. The lowest BCUT2D eigenvalue weighted by atomic mass is 10.0. The SMILES string of the molecule is Cc1cc(C(=O)N2CCN(Cc3cccnc3)CC2)cc(S(=O)(=O)N2CCC(C)CC2)c1C. The normalized spacial score (nSPS) is 19.1. The van der Waals surface area contributed by atoms with Crippen molar-refractivity contribution < 1.29 is 13.2 Å². The van der Waals surface area contributed by atoms with Crippen LogP contribution in [-0.4, -0.2) is 72.7 Å². The summed E-state index contributed by atoms with van der Waals surface area (Å²) in [6, 6.07) is 7.42. The number of aromatic nitrogens is 1. The predicted octanol–water partition coefficient (Wildman–Crippen LogP) is 3.08. The smallest absolute Gasteiger partial charge is 0.253 e. The maximum atomic E-state index is 13.4. The lowest BCUT2D eigenvalue weighted by Gasteiger charge is -2.35. The van der Waals surface area contributed by atoms with Gasteiger partial charge in [-0.1, -0.05) is 13.0 Å². The number of piperidine rings is 1. The van der Waals surface area contributed by atoms with Crippen molar-refractivity contribution in [3.05, 3.63) is 58.9 Å². The van der Waals surface area contributed by atoms with E-state index in [1.807, 2.05) is 37.1 Å². The van der Waals surface area contributed by atoms with Gasteiger partial charge >= 0.3 is 0 Å². The van der Waals surface area contributed by atoms with Gasteiger partial charge in [-0.2, -0.15) is 4.31 Å². The largest absolute Gasteiger partial charge is 0.336 e. The van der Waals surface area contributed by atoms with Crippen molar-refractivity contribution in [1.29, 1.82) is 0 Å². The molecule has 2 fully saturated rings. The zero-order valence-electron chi connectivity index (χ0n) is 19.8. The summed E-state index contributed by atoms with van der Waals surface area (Å²) in [5.41, 5.74) is 3.18. The summed E-state index contributed by atoms with van der Waals surface area (Å²) in [6.45, 7) is 10.6. The van der Waals surface area contributed by atoms with Crippen molar-refractivity contribution in [1.82, 2.24) is 19.1 Å². The van der Waals surface area contributed by atoms with Gasteiger partial charge in [-0.3, -0.25) is 14.7 Å². The number of aryl methyl sites for hydroxylation is 1. The number of piperazine rings is 1. The monoisotopic (exact) mass is 470 g/mol. The number of hydrogen-bond acceptors (Lipinski definition) is 5. The van der Waals surface area contributed by atoms with Crippen LogP contribution in [0.4, 0.5) is 0 Å². The molecule has 8 heteroatoms. The second-order valence-electron chi connectivity index (χ2n) is 9.43. The molecule has 1 aromatic carbocycles. The van der Waals surface area contributed by atoms with Crippen LogP contribution in [0, 0.1) is 19.8 Å². The van der Waals surface area contributed by atoms with E-state index in [9.17, 15) is 13.2 Å². The molecule has 2 aromatic rings. The van der Waals surface area contributed by atoms with Gasteiger partial charge in [0.25, 0.3) is 5.91 Å². The van der Waals surface area contributed by atoms with Crippen LogP contribution in [0.15, 0.2) is 41.6 Å². The van der Waals surface area contributed by atoms with Crippen molar-refractivity contribution in [2.24, 2.45) is 5.92 Å². The summed E-state index contributed by atoms with van der Waals surface area (Å²) in [5, 5.41) is 0. The fraction of sp³-hybridized carbons (Fsp3) is 0.520. The number of nitrogens with zero attached hydrogens (tertiary/aromatic N) is 4. The molecule has 33 heavy (non-hydrogen) atoms. The fourth-order valence-electron chi connectivity index (χ4n) is 4.62. The van der Waals surface area contributed by atoms with Crippen LogP contribution in [0.1, 0.15) is 46.8 Å². The Kier molecular flexibility index (Phi) is 7.16. The van der Waals surface area contributed by atoms with Crippen LogP contribution in [0.3, 0.4) is 0 Å². The molecule has 0 N–H and O–H groups in total. The summed E-state index contributed by atoms with van der Waals surface area (Å²) in [7, 11) is -3.62. The van der Waals surface area contributed by atoms with E-state index >= 15 is 0 Å². The molecule has 0 bridgehead atoms. The molecule has 0 atom stereocenters. The van der Waals surface area contributed by atoms with Gasteiger partial charge in [-0.15, -0.1) is 0 Å². The van der Waals surface area contributed by atoms with E-state index in [0.29, 0.717) is 37.7 Å². The Morgan fingerprint density at radius 2 is 1.76 bits per heavy atom. The minimum atomic E-state index is -3.62. The second-order valence-corrected chi connectivity index (χ2v) is 11.3. The summed E-state index contributed by atoms with van der Waals surface area (Å²) >= 11 is 0. The van der Waals surface area contributed by atoms with E-state index in [2.05, 4.69) is 22.9 Å². The molecule has 4 rings (SSSR count). The second kappa shape index (κ2) is 9.91. The van der Waals surface area contributed by atoms with E-state index in [0.717, 1.165) is 49.2 Å². The van der Waals surface area contributed by atoms with Crippen LogP contribution < -0.4 is 0 Å². The topological polar surface area (TPSA) is 73.8 Å². The number of hydrogen-bond donors (Lipinski definition) is 0. The molecule has 0 unspecified atom stereocenters. The fourth-order valence-corrected chi connectivity index (χ4v) is 6.42. The van der Waals surface area contributed by atoms with Gasteiger partial charge in [0.1, 0.15) is 0 Å². The Bertz CT molecular complexity index is 1090. The van der Waals surface area contributed by atoms with Crippen LogP contribution in [0.2, 0.25) is 0 Å². The van der Waals surface area contributed by atoms with Crippen LogP contribution in [0.5, 0.6) is 0 Å². The van der Waals surface area contributed by atoms with Crippen molar-refractivity contribution in [2.45, 2.75) is 45.1 Å². The first-order chi connectivity index (χ1) is 15.8. The Morgan fingerprint density at radius 3 is 2.39 bits per heavy atom. The van der Waals surface area contributed by atoms with Crippen LogP contribution in [0.25, 0.3) is 0 Å². The average Bonchev–Trinajstić information content (AvgIpc) is 2.81. The highest BCUT2D eigenvalue weighted by molar-refractivity contribution is 7.89. The van der Waals surface area contributed by atoms with E-state index in [-0.39, 0.29) is 10.8 Å². The predicted molar refractivity (Wildman–Crippen MR) is 128 cm³/mol. The Balaban J connectivity index is 1.48. The molecular weight excluding hydrogens is 436 g/mol. The highest BCUT2D eigenvalue weighted by Gasteiger charge is 2.31. The van der Waals surface area contributed by atoms with Gasteiger partial charge < -0.3 is 4.90 Å². The molecular formula is C25H34N4O3S. The summed E-state index contributed by atoms with van der Waals surface area (Å²) in [6.07, 6.45) is 5.39. The minimum Gasteiger partial charge on any atom is -0.336 e. The molecule has 1 aromatic heterocycles. The van der Waals surface area contributed by atoms with Gasteiger partial charge in [-0.25, -0.2) is 8.42 Å². The number of pyridine rings is 1. The lowest BCUT2D eigenvalue weighted by Crippen LogP contribution is -2.48. The van der Waals surface area contributed by atoms with Gasteiger partial charge in [-0.05, 0) is 67.5 Å². The van der Waals surface area contributed by atoms with E-state index in [4.69, 9.17) is 0 Å². The number of benzene rings is 1. The molecule has 2 aliphatic heterocycles. The van der Waals surface area contributed by atoms with Gasteiger partial charge in [0.2, 0.25) is 10.0 Å². The Labute approximate surface area is 197 Å². The number of rotatable bonds is 5. The minimum absolute atomic E-state index is 0.0946. The van der Waals surface area contributed by atoms with Gasteiger partial charge in [0.15, 0.2) is 0 Å². The maximum absolute atomic E-state index is 13.4. The molecule has 7 nitrogen and oxygen atoms in total. The average molecular weight is 471 g/mol. The highest BCUT2D eigenvalue weighted by atomic mass is 32.2. The summed E-state index contributed by atoms with van der Waals surface area (Å²) < 4.78 is 28.4. The number of carbonyl (C=O) groups excluding carboxylic acids is 1. The van der Waals surface area contributed by atoms with Crippen molar-refractivity contribution in [2.75, 3.05) is 39.3 Å². The standard InChI is InChI=1S/C25H34N4O3S/c1-19-6-9-29(10-7-19)33(31,32)24-16-23(15-20(2)21(24)3)25(30)28-13-11-27(12-14-28)18-22-5-4-8-26-17-22/h4-5,8,15-17,19H,6-7,9-14,18H2,1-3H3. The molecule has 3 heterocycles. The molecule has 0 radical (unpaired) electrons. The van der Waals surface area contributed by atoms with E-state index in [1.54, 1.807) is 16.6 Å². The molecule has 2 saturated heterocycles. The third-order valence-corrected chi connectivity index (χ3v) is 9.04.